The number of carbonyl (C=O) groups is 1. The largest absolute Gasteiger partial charge is 0.468 e. The molecule has 2 atom stereocenters. The molecule has 0 aromatic rings. The van der Waals surface area contributed by atoms with Crippen LogP contribution in [0.5, 0.6) is 0 Å². The summed E-state index contributed by atoms with van der Waals surface area (Å²) in [7, 11) is -1.75. The quantitative estimate of drug-likeness (QED) is 0.710. The Morgan fingerprint density at radius 1 is 1.59 bits per heavy atom. The Labute approximate surface area is 102 Å². The molecule has 5 nitrogen and oxygen atoms in total. The average Bonchev–Trinajstić information content (AvgIpc) is 2.63. The maximum Gasteiger partial charge on any atom is 0.322 e. The van der Waals surface area contributed by atoms with Crippen LogP contribution in [-0.2, 0) is 19.4 Å². The van der Waals surface area contributed by atoms with Crippen LogP contribution in [0.15, 0.2) is 11.5 Å². The van der Waals surface area contributed by atoms with Crippen molar-refractivity contribution in [1.29, 1.82) is 0 Å². The second kappa shape index (κ2) is 6.16. The van der Waals surface area contributed by atoms with Gasteiger partial charge in [0, 0.05) is 11.4 Å². The van der Waals surface area contributed by atoms with Crippen molar-refractivity contribution in [3.05, 3.63) is 11.5 Å². The molecular weight excluding hydrogens is 242 g/mol. The highest BCUT2D eigenvalue weighted by atomic mass is 32.2. The minimum absolute atomic E-state index is 0.0205. The third-order valence-electron chi connectivity index (χ3n) is 2.68. The summed E-state index contributed by atoms with van der Waals surface area (Å²) < 4.78 is 27.2. The Kier molecular flexibility index (Phi) is 5.14. The lowest BCUT2D eigenvalue weighted by molar-refractivity contribution is -0.143. The number of sulfone groups is 1. The van der Waals surface area contributed by atoms with Gasteiger partial charge in [0.25, 0.3) is 0 Å². The van der Waals surface area contributed by atoms with E-state index in [2.05, 4.69) is 5.32 Å². The fraction of sp³-hybridized carbons (Fsp3) is 0.727. The molecule has 0 saturated carbocycles. The molecule has 17 heavy (non-hydrogen) atoms. The number of ether oxygens (including phenoxy) is 1. The van der Waals surface area contributed by atoms with Crippen LogP contribution < -0.4 is 5.32 Å². The normalized spacial score (nSPS) is 23.5. The van der Waals surface area contributed by atoms with Crippen LogP contribution in [0, 0.1) is 0 Å². The monoisotopic (exact) mass is 261 g/mol. The summed E-state index contributed by atoms with van der Waals surface area (Å²) in [5.41, 5.74) is 0. The molecule has 6 heteroatoms. The van der Waals surface area contributed by atoms with E-state index in [1.165, 1.54) is 12.5 Å². The molecule has 0 aromatic carbocycles. The minimum atomic E-state index is -3.09. The highest BCUT2D eigenvalue weighted by molar-refractivity contribution is 7.94. The number of carbonyl (C=O) groups excluding carboxylic acids is 1. The van der Waals surface area contributed by atoms with E-state index < -0.39 is 15.9 Å². The van der Waals surface area contributed by atoms with Crippen molar-refractivity contribution < 1.29 is 17.9 Å². The van der Waals surface area contributed by atoms with E-state index in [0.29, 0.717) is 6.42 Å². The molecule has 0 saturated heterocycles. The molecular formula is C11H19NO4S. The molecule has 0 amide bonds. The lowest BCUT2D eigenvalue weighted by atomic mass is 10.1. The van der Waals surface area contributed by atoms with Gasteiger partial charge in [0.2, 0.25) is 0 Å². The lowest BCUT2D eigenvalue weighted by Crippen LogP contribution is -2.44. The van der Waals surface area contributed by atoms with Crippen molar-refractivity contribution >= 4 is 15.8 Å². The summed E-state index contributed by atoms with van der Waals surface area (Å²) in [6.07, 6.45) is 4.12. The molecule has 1 aliphatic rings. The lowest BCUT2D eigenvalue weighted by Gasteiger charge is -2.19. The summed E-state index contributed by atoms with van der Waals surface area (Å²) in [4.78, 5) is 11.5. The number of esters is 1. The smallest absolute Gasteiger partial charge is 0.322 e. The zero-order valence-corrected chi connectivity index (χ0v) is 11.0. The van der Waals surface area contributed by atoms with E-state index >= 15 is 0 Å². The van der Waals surface area contributed by atoms with Gasteiger partial charge in [0.1, 0.15) is 6.04 Å². The van der Waals surface area contributed by atoms with E-state index in [-0.39, 0.29) is 17.8 Å². The Morgan fingerprint density at radius 3 is 2.76 bits per heavy atom. The summed E-state index contributed by atoms with van der Waals surface area (Å²) in [5, 5.41) is 4.21. The molecule has 1 aliphatic heterocycles. The molecule has 1 N–H and O–H groups in total. The fourth-order valence-corrected chi connectivity index (χ4v) is 3.01. The number of methoxy groups -OCH3 is 1. The van der Waals surface area contributed by atoms with Crippen molar-refractivity contribution in [3.8, 4) is 0 Å². The molecule has 1 heterocycles. The van der Waals surface area contributed by atoms with Crippen LogP contribution in [0.2, 0.25) is 0 Å². The van der Waals surface area contributed by atoms with Gasteiger partial charge in [-0.05, 0) is 6.42 Å². The zero-order valence-electron chi connectivity index (χ0n) is 10.2. The van der Waals surface area contributed by atoms with Crippen LogP contribution >= 0.6 is 0 Å². The van der Waals surface area contributed by atoms with E-state index in [0.717, 1.165) is 12.8 Å². The number of hydrogen-bond donors (Lipinski definition) is 1. The third-order valence-corrected chi connectivity index (χ3v) is 4.07. The summed E-state index contributed by atoms with van der Waals surface area (Å²) >= 11 is 0. The summed E-state index contributed by atoms with van der Waals surface area (Å²) in [6.45, 7) is 2.04. The van der Waals surface area contributed by atoms with Gasteiger partial charge in [0.15, 0.2) is 9.84 Å². The first-order valence-corrected chi connectivity index (χ1v) is 7.45. The maximum absolute atomic E-state index is 11.5. The minimum Gasteiger partial charge on any atom is -0.468 e. The van der Waals surface area contributed by atoms with Crippen LogP contribution in [-0.4, -0.2) is 39.3 Å². The Balaban J connectivity index is 2.55. The van der Waals surface area contributed by atoms with Crippen LogP contribution in [0.1, 0.15) is 26.2 Å². The topological polar surface area (TPSA) is 72.5 Å². The Bertz CT molecular complexity index is 388. The van der Waals surface area contributed by atoms with Gasteiger partial charge >= 0.3 is 5.97 Å². The number of rotatable bonds is 6. The van der Waals surface area contributed by atoms with E-state index in [4.69, 9.17) is 4.74 Å². The third kappa shape index (κ3) is 4.47. The Hall–Kier alpha value is -0.880. The second-order valence-electron chi connectivity index (χ2n) is 4.15. The Morgan fingerprint density at radius 2 is 2.29 bits per heavy atom. The van der Waals surface area contributed by atoms with Crippen LogP contribution in [0.25, 0.3) is 0 Å². The van der Waals surface area contributed by atoms with E-state index in [9.17, 15) is 13.2 Å². The molecule has 0 spiro atoms. The predicted molar refractivity (Wildman–Crippen MR) is 65.2 cm³/mol. The highest BCUT2D eigenvalue weighted by Gasteiger charge is 2.27. The maximum atomic E-state index is 11.5. The van der Waals surface area contributed by atoms with Gasteiger partial charge in [-0.3, -0.25) is 10.1 Å². The SMILES string of the molecule is CCCCC(NC1C=CS(=O)(=O)C1)C(=O)OC. The number of nitrogens with one attached hydrogen (secondary N) is 1. The number of unbranched alkanes of at least 4 members (excludes halogenated alkanes) is 1. The second-order valence-corrected chi connectivity index (χ2v) is 6.08. The first kappa shape index (κ1) is 14.2. The summed E-state index contributed by atoms with van der Waals surface area (Å²) in [5.74, 6) is -0.316. The first-order valence-electron chi connectivity index (χ1n) is 5.73. The average molecular weight is 261 g/mol. The highest BCUT2D eigenvalue weighted by Crippen LogP contribution is 2.11. The van der Waals surface area contributed by atoms with Crippen molar-refractivity contribution in [2.75, 3.05) is 12.9 Å². The van der Waals surface area contributed by atoms with Crippen molar-refractivity contribution in [2.24, 2.45) is 0 Å². The number of hydrogen-bond acceptors (Lipinski definition) is 5. The summed E-state index contributed by atoms with van der Waals surface area (Å²) in [6, 6.07) is -0.719. The first-order chi connectivity index (χ1) is 7.98. The van der Waals surface area contributed by atoms with Gasteiger partial charge in [-0.1, -0.05) is 25.8 Å². The molecule has 0 aliphatic carbocycles. The van der Waals surface area contributed by atoms with Crippen LogP contribution in [0.3, 0.4) is 0 Å². The molecule has 0 aromatic heterocycles. The van der Waals surface area contributed by atoms with E-state index in [1.54, 1.807) is 6.08 Å². The molecule has 1 rings (SSSR count). The zero-order chi connectivity index (χ0) is 12.9. The molecule has 0 fully saturated rings. The van der Waals surface area contributed by atoms with Gasteiger partial charge in [-0.2, -0.15) is 0 Å². The standard InChI is InChI=1S/C11H19NO4S/c1-3-4-5-10(11(13)16-2)12-9-6-7-17(14,15)8-9/h6-7,9-10,12H,3-5,8H2,1-2H3. The van der Waals surface area contributed by atoms with Crippen molar-refractivity contribution in [2.45, 2.75) is 38.3 Å². The van der Waals surface area contributed by atoms with Crippen LogP contribution in [0.4, 0.5) is 0 Å². The molecule has 98 valence electrons. The predicted octanol–water partition coefficient (Wildman–Crippen LogP) is 0.618. The van der Waals surface area contributed by atoms with Gasteiger partial charge in [-0.15, -0.1) is 0 Å². The van der Waals surface area contributed by atoms with Gasteiger partial charge in [-0.25, -0.2) is 8.42 Å². The molecule has 0 bridgehead atoms. The van der Waals surface area contributed by atoms with Crippen molar-refractivity contribution in [1.82, 2.24) is 5.32 Å². The van der Waals surface area contributed by atoms with E-state index in [1.807, 2.05) is 6.92 Å². The van der Waals surface area contributed by atoms with Gasteiger partial charge < -0.3 is 4.74 Å². The van der Waals surface area contributed by atoms with Crippen molar-refractivity contribution in [3.63, 3.8) is 0 Å². The molecule has 0 radical (unpaired) electrons. The van der Waals surface area contributed by atoms with Gasteiger partial charge in [0.05, 0.1) is 12.9 Å². The fourth-order valence-electron chi connectivity index (χ4n) is 1.76. The molecule has 2 unspecified atom stereocenters.